The summed E-state index contributed by atoms with van der Waals surface area (Å²) < 4.78 is 0. The quantitative estimate of drug-likeness (QED) is 0.855. The van der Waals surface area contributed by atoms with Crippen LogP contribution in [0.15, 0.2) is 48.7 Å². The molecule has 0 radical (unpaired) electrons. The van der Waals surface area contributed by atoms with Crippen LogP contribution in [0.4, 0.5) is 5.82 Å². The summed E-state index contributed by atoms with van der Waals surface area (Å²) in [7, 11) is 0. The Morgan fingerprint density at radius 3 is 2.75 bits per heavy atom. The molecule has 3 rings (SSSR count). The number of hydrogen-bond acceptors (Lipinski definition) is 3. The van der Waals surface area contributed by atoms with Crippen molar-refractivity contribution < 1.29 is 4.79 Å². The van der Waals surface area contributed by atoms with Crippen molar-refractivity contribution in [2.75, 3.05) is 4.90 Å². The third kappa shape index (κ3) is 2.39. The maximum atomic E-state index is 12.7. The molecule has 20 heavy (non-hydrogen) atoms. The number of hydrogen-bond donors (Lipinski definition) is 0. The molecule has 0 bridgehead atoms. The Morgan fingerprint density at radius 1 is 1.25 bits per heavy atom. The first-order valence-electron chi connectivity index (χ1n) is 6.54. The van der Waals surface area contributed by atoms with Gasteiger partial charge in [-0.1, -0.05) is 12.1 Å². The Morgan fingerprint density at radius 2 is 2.10 bits per heavy atom. The molecule has 2 aromatic rings. The minimum absolute atomic E-state index is 0.0942. The first kappa shape index (κ1) is 12.4. The zero-order valence-corrected chi connectivity index (χ0v) is 10.9. The van der Waals surface area contributed by atoms with E-state index in [-0.39, 0.29) is 11.9 Å². The molecule has 1 aromatic carbocycles. The molecule has 0 aliphatic heterocycles. The van der Waals surface area contributed by atoms with E-state index in [9.17, 15) is 4.79 Å². The number of pyridine rings is 1. The van der Waals surface area contributed by atoms with Crippen molar-refractivity contribution in [3.63, 3.8) is 0 Å². The number of rotatable bonds is 3. The standard InChI is InChI=1S/C16H13N3O/c17-11-12-4-3-5-13(10-12)16(20)19(14-7-8-14)15-6-1-2-9-18-15/h1-6,9-10,14H,7-8H2. The molecular formula is C16H13N3O. The first-order chi connectivity index (χ1) is 9.79. The Labute approximate surface area is 117 Å². The monoisotopic (exact) mass is 263 g/mol. The fraction of sp³-hybridized carbons (Fsp3) is 0.188. The average molecular weight is 263 g/mol. The summed E-state index contributed by atoms with van der Waals surface area (Å²) >= 11 is 0. The molecule has 1 aliphatic rings. The lowest BCUT2D eigenvalue weighted by Crippen LogP contribution is -2.33. The van der Waals surface area contributed by atoms with Crippen LogP contribution in [-0.2, 0) is 0 Å². The van der Waals surface area contributed by atoms with Crippen LogP contribution in [-0.4, -0.2) is 16.9 Å². The minimum atomic E-state index is -0.0942. The predicted molar refractivity (Wildman–Crippen MR) is 75.2 cm³/mol. The van der Waals surface area contributed by atoms with Gasteiger partial charge in [-0.2, -0.15) is 5.26 Å². The van der Waals surface area contributed by atoms with Crippen LogP contribution in [0.3, 0.4) is 0 Å². The number of benzene rings is 1. The number of aromatic nitrogens is 1. The van der Waals surface area contributed by atoms with E-state index in [1.165, 1.54) is 0 Å². The first-order valence-corrected chi connectivity index (χ1v) is 6.54. The number of nitrogens with zero attached hydrogens (tertiary/aromatic N) is 3. The van der Waals surface area contributed by atoms with Gasteiger partial charge in [0, 0.05) is 17.8 Å². The van der Waals surface area contributed by atoms with Gasteiger partial charge in [0.1, 0.15) is 5.82 Å². The maximum Gasteiger partial charge on any atom is 0.259 e. The predicted octanol–water partition coefficient (Wildman–Crippen LogP) is 2.76. The van der Waals surface area contributed by atoms with E-state index in [4.69, 9.17) is 5.26 Å². The maximum absolute atomic E-state index is 12.7. The fourth-order valence-electron chi connectivity index (χ4n) is 2.15. The summed E-state index contributed by atoms with van der Waals surface area (Å²) in [5, 5.41) is 8.93. The lowest BCUT2D eigenvalue weighted by atomic mass is 10.1. The van der Waals surface area contributed by atoms with E-state index >= 15 is 0 Å². The van der Waals surface area contributed by atoms with E-state index in [0.29, 0.717) is 16.9 Å². The number of nitriles is 1. The van der Waals surface area contributed by atoms with Crippen molar-refractivity contribution in [1.29, 1.82) is 5.26 Å². The molecule has 0 unspecified atom stereocenters. The van der Waals surface area contributed by atoms with Crippen LogP contribution in [0.5, 0.6) is 0 Å². The summed E-state index contributed by atoms with van der Waals surface area (Å²) in [4.78, 5) is 18.7. The second-order valence-electron chi connectivity index (χ2n) is 4.79. The Kier molecular flexibility index (Phi) is 3.18. The average Bonchev–Trinajstić information content (AvgIpc) is 3.33. The summed E-state index contributed by atoms with van der Waals surface area (Å²) in [5.74, 6) is 0.575. The van der Waals surface area contributed by atoms with Gasteiger partial charge < -0.3 is 0 Å². The third-order valence-corrected chi connectivity index (χ3v) is 3.27. The molecule has 98 valence electrons. The van der Waals surface area contributed by atoms with Crippen LogP contribution in [0.1, 0.15) is 28.8 Å². The number of carbonyl (C=O) groups is 1. The molecule has 0 atom stereocenters. The Hall–Kier alpha value is -2.67. The fourth-order valence-corrected chi connectivity index (χ4v) is 2.15. The molecule has 4 nitrogen and oxygen atoms in total. The minimum Gasteiger partial charge on any atom is -0.290 e. The summed E-state index contributed by atoms with van der Waals surface area (Å²) in [6, 6.07) is 14.6. The normalized spacial score (nSPS) is 13.6. The topological polar surface area (TPSA) is 57.0 Å². The van der Waals surface area contributed by atoms with Crippen LogP contribution >= 0.6 is 0 Å². The molecule has 4 heteroatoms. The molecule has 1 amide bonds. The molecule has 1 aliphatic carbocycles. The van der Waals surface area contributed by atoms with Gasteiger partial charge in [0.25, 0.3) is 5.91 Å². The molecule has 0 spiro atoms. The van der Waals surface area contributed by atoms with Crippen LogP contribution in [0, 0.1) is 11.3 Å². The SMILES string of the molecule is N#Cc1cccc(C(=O)N(c2ccccn2)C2CC2)c1. The van der Waals surface area contributed by atoms with E-state index in [1.807, 2.05) is 18.2 Å². The van der Waals surface area contributed by atoms with Gasteiger partial charge in [-0.05, 0) is 43.2 Å². The van der Waals surface area contributed by atoms with E-state index < -0.39 is 0 Å². The Bertz CT molecular complexity index is 672. The van der Waals surface area contributed by atoms with E-state index in [2.05, 4.69) is 11.1 Å². The molecule has 1 saturated carbocycles. The second kappa shape index (κ2) is 5.14. The highest BCUT2D eigenvalue weighted by Crippen LogP contribution is 2.31. The highest BCUT2D eigenvalue weighted by atomic mass is 16.2. The lowest BCUT2D eigenvalue weighted by Gasteiger charge is -2.21. The third-order valence-electron chi connectivity index (χ3n) is 3.27. The van der Waals surface area contributed by atoms with E-state index in [1.54, 1.807) is 35.4 Å². The number of amides is 1. The van der Waals surface area contributed by atoms with Crippen molar-refractivity contribution >= 4 is 11.7 Å². The van der Waals surface area contributed by atoms with Crippen molar-refractivity contribution in [2.45, 2.75) is 18.9 Å². The summed E-state index contributed by atoms with van der Waals surface area (Å²) in [6.07, 6.45) is 3.68. The van der Waals surface area contributed by atoms with Gasteiger partial charge in [0.15, 0.2) is 0 Å². The van der Waals surface area contributed by atoms with Gasteiger partial charge in [-0.25, -0.2) is 4.98 Å². The zero-order valence-electron chi connectivity index (χ0n) is 10.9. The number of carbonyl (C=O) groups excluding carboxylic acids is 1. The molecular weight excluding hydrogens is 250 g/mol. The van der Waals surface area contributed by atoms with Crippen molar-refractivity contribution in [2.24, 2.45) is 0 Å². The van der Waals surface area contributed by atoms with Gasteiger partial charge in [0.2, 0.25) is 0 Å². The number of anilines is 1. The van der Waals surface area contributed by atoms with Gasteiger partial charge in [-0.3, -0.25) is 9.69 Å². The van der Waals surface area contributed by atoms with Crippen LogP contribution < -0.4 is 4.90 Å². The second-order valence-corrected chi connectivity index (χ2v) is 4.79. The molecule has 1 heterocycles. The zero-order chi connectivity index (χ0) is 13.9. The summed E-state index contributed by atoms with van der Waals surface area (Å²) in [6.45, 7) is 0. The lowest BCUT2D eigenvalue weighted by molar-refractivity contribution is 0.0984. The van der Waals surface area contributed by atoms with Gasteiger partial charge in [-0.15, -0.1) is 0 Å². The van der Waals surface area contributed by atoms with Crippen molar-refractivity contribution in [3.05, 3.63) is 59.8 Å². The smallest absolute Gasteiger partial charge is 0.259 e. The van der Waals surface area contributed by atoms with Gasteiger partial charge in [0.05, 0.1) is 11.6 Å². The molecule has 1 fully saturated rings. The largest absolute Gasteiger partial charge is 0.290 e. The van der Waals surface area contributed by atoms with Crippen molar-refractivity contribution in [1.82, 2.24) is 4.98 Å². The molecule has 0 N–H and O–H groups in total. The van der Waals surface area contributed by atoms with Crippen LogP contribution in [0.25, 0.3) is 0 Å². The van der Waals surface area contributed by atoms with Crippen LogP contribution in [0.2, 0.25) is 0 Å². The van der Waals surface area contributed by atoms with Gasteiger partial charge >= 0.3 is 0 Å². The Balaban J connectivity index is 1.96. The highest BCUT2D eigenvalue weighted by Gasteiger charge is 2.34. The molecule has 1 aromatic heterocycles. The van der Waals surface area contributed by atoms with Crippen molar-refractivity contribution in [3.8, 4) is 6.07 Å². The summed E-state index contributed by atoms with van der Waals surface area (Å²) in [5.41, 5.74) is 1.02. The highest BCUT2D eigenvalue weighted by molar-refractivity contribution is 6.06. The molecule has 0 saturated heterocycles. The van der Waals surface area contributed by atoms with E-state index in [0.717, 1.165) is 12.8 Å².